The molecule has 1 aromatic rings. The van der Waals surface area contributed by atoms with E-state index < -0.39 is 17.4 Å². The summed E-state index contributed by atoms with van der Waals surface area (Å²) in [5, 5.41) is 13.8. The summed E-state index contributed by atoms with van der Waals surface area (Å²) in [4.78, 5) is 39.8. The summed E-state index contributed by atoms with van der Waals surface area (Å²) in [6.45, 7) is 5.28. The lowest BCUT2D eigenvalue weighted by Gasteiger charge is -2.45. The SMILES string of the molecule is CCn1nc(C)cc1C(=O)N1CCC2(CC1)C(C(=O)O)CC(=O)N2C. The topological polar surface area (TPSA) is 95.7 Å². The summed E-state index contributed by atoms with van der Waals surface area (Å²) in [7, 11) is 1.68. The van der Waals surface area contributed by atoms with Crippen LogP contribution in [-0.2, 0) is 16.1 Å². The molecule has 1 unspecified atom stereocenters. The number of hydrogen-bond donors (Lipinski definition) is 1. The smallest absolute Gasteiger partial charge is 0.309 e. The molecule has 1 N–H and O–H groups in total. The molecule has 8 nitrogen and oxygen atoms in total. The molecule has 25 heavy (non-hydrogen) atoms. The van der Waals surface area contributed by atoms with Gasteiger partial charge in [-0.1, -0.05) is 0 Å². The molecule has 2 saturated heterocycles. The number of aromatic nitrogens is 2. The number of carboxylic acid groups (broad SMARTS) is 1. The maximum atomic E-state index is 12.8. The van der Waals surface area contributed by atoms with Crippen molar-refractivity contribution in [2.24, 2.45) is 5.92 Å². The molecule has 8 heteroatoms. The lowest BCUT2D eigenvalue weighted by atomic mass is 9.77. The largest absolute Gasteiger partial charge is 0.481 e. The van der Waals surface area contributed by atoms with Crippen LogP contribution in [0.2, 0.25) is 0 Å². The van der Waals surface area contributed by atoms with Gasteiger partial charge in [0.2, 0.25) is 5.91 Å². The van der Waals surface area contributed by atoms with E-state index in [-0.39, 0.29) is 18.2 Å². The van der Waals surface area contributed by atoms with Gasteiger partial charge in [0.1, 0.15) is 5.69 Å². The number of aryl methyl sites for hydroxylation is 2. The number of nitrogens with zero attached hydrogens (tertiary/aromatic N) is 4. The van der Waals surface area contributed by atoms with E-state index in [0.29, 0.717) is 38.2 Å². The number of amides is 2. The van der Waals surface area contributed by atoms with Crippen LogP contribution >= 0.6 is 0 Å². The quantitative estimate of drug-likeness (QED) is 0.869. The van der Waals surface area contributed by atoms with Crippen molar-refractivity contribution in [2.45, 2.75) is 45.2 Å². The zero-order valence-corrected chi connectivity index (χ0v) is 14.9. The van der Waals surface area contributed by atoms with E-state index >= 15 is 0 Å². The average Bonchev–Trinajstić information content (AvgIpc) is 3.08. The van der Waals surface area contributed by atoms with Crippen LogP contribution in [-0.4, -0.2) is 68.1 Å². The molecule has 136 valence electrons. The number of likely N-dealkylation sites (tertiary alicyclic amines) is 2. The summed E-state index contributed by atoms with van der Waals surface area (Å²) in [5.74, 6) is -1.86. The predicted molar refractivity (Wildman–Crippen MR) is 89.0 cm³/mol. The van der Waals surface area contributed by atoms with E-state index in [1.165, 1.54) is 0 Å². The first-order valence-electron chi connectivity index (χ1n) is 8.63. The summed E-state index contributed by atoms with van der Waals surface area (Å²) in [5.41, 5.74) is 0.674. The van der Waals surface area contributed by atoms with E-state index in [4.69, 9.17) is 0 Å². The first-order chi connectivity index (χ1) is 11.8. The minimum Gasteiger partial charge on any atom is -0.481 e. The molecule has 1 spiro atoms. The highest BCUT2D eigenvalue weighted by Gasteiger charge is 2.55. The van der Waals surface area contributed by atoms with Gasteiger partial charge < -0.3 is 14.9 Å². The summed E-state index contributed by atoms with van der Waals surface area (Å²) in [6.07, 6.45) is 1.01. The summed E-state index contributed by atoms with van der Waals surface area (Å²) in [6, 6.07) is 1.78. The van der Waals surface area contributed by atoms with Crippen molar-refractivity contribution < 1.29 is 19.5 Å². The first kappa shape index (κ1) is 17.4. The fourth-order valence-electron chi connectivity index (χ4n) is 4.20. The second kappa shape index (κ2) is 6.16. The molecule has 2 aliphatic rings. The maximum absolute atomic E-state index is 12.8. The number of carbonyl (C=O) groups is 3. The fourth-order valence-corrected chi connectivity index (χ4v) is 4.20. The third kappa shape index (κ3) is 2.69. The molecule has 2 fully saturated rings. The molecule has 0 bridgehead atoms. The number of aliphatic carboxylic acids is 1. The van der Waals surface area contributed by atoms with Gasteiger partial charge in [-0.05, 0) is 32.8 Å². The highest BCUT2D eigenvalue weighted by Crippen LogP contribution is 2.43. The second-order valence-electron chi connectivity index (χ2n) is 6.93. The second-order valence-corrected chi connectivity index (χ2v) is 6.93. The van der Waals surface area contributed by atoms with Gasteiger partial charge in [-0.25, -0.2) is 0 Å². The van der Waals surface area contributed by atoms with Gasteiger partial charge in [0, 0.05) is 33.1 Å². The van der Waals surface area contributed by atoms with Crippen molar-refractivity contribution in [1.29, 1.82) is 0 Å². The van der Waals surface area contributed by atoms with Crippen molar-refractivity contribution in [3.63, 3.8) is 0 Å². The third-order valence-electron chi connectivity index (χ3n) is 5.70. The van der Waals surface area contributed by atoms with Gasteiger partial charge in [-0.15, -0.1) is 0 Å². The molecule has 0 saturated carbocycles. The molecule has 0 aliphatic carbocycles. The van der Waals surface area contributed by atoms with Crippen molar-refractivity contribution in [3.05, 3.63) is 17.5 Å². The van der Waals surface area contributed by atoms with E-state index in [1.807, 2.05) is 13.8 Å². The van der Waals surface area contributed by atoms with Gasteiger partial charge >= 0.3 is 5.97 Å². The Morgan fingerprint density at radius 3 is 2.56 bits per heavy atom. The summed E-state index contributed by atoms with van der Waals surface area (Å²) >= 11 is 0. The zero-order chi connectivity index (χ0) is 18.4. The fraction of sp³-hybridized carbons (Fsp3) is 0.647. The zero-order valence-electron chi connectivity index (χ0n) is 14.9. The Morgan fingerprint density at radius 1 is 1.36 bits per heavy atom. The van der Waals surface area contributed by atoms with Crippen molar-refractivity contribution in [2.75, 3.05) is 20.1 Å². The normalized spacial score (nSPS) is 22.7. The third-order valence-corrected chi connectivity index (χ3v) is 5.70. The standard InChI is InChI=1S/C17H24N4O4/c1-4-21-13(9-11(2)18-21)15(23)20-7-5-17(6-8-20)12(16(24)25)10-14(22)19(17)3/h9,12H,4-8,10H2,1-3H3,(H,24,25). The number of carbonyl (C=O) groups excluding carboxylic acids is 2. The Labute approximate surface area is 146 Å². The van der Waals surface area contributed by atoms with Crippen LogP contribution in [0.25, 0.3) is 0 Å². The van der Waals surface area contributed by atoms with Crippen LogP contribution in [0.15, 0.2) is 6.07 Å². The highest BCUT2D eigenvalue weighted by molar-refractivity contribution is 5.93. The van der Waals surface area contributed by atoms with Crippen LogP contribution < -0.4 is 0 Å². The van der Waals surface area contributed by atoms with E-state index in [1.54, 1.807) is 27.6 Å². The lowest BCUT2D eigenvalue weighted by Crippen LogP contribution is -2.57. The number of piperidine rings is 1. The maximum Gasteiger partial charge on any atom is 0.309 e. The van der Waals surface area contributed by atoms with Gasteiger partial charge in [-0.2, -0.15) is 5.10 Å². The molecule has 2 amide bonds. The van der Waals surface area contributed by atoms with Crippen LogP contribution in [0.1, 0.15) is 42.4 Å². The van der Waals surface area contributed by atoms with Gasteiger partial charge in [0.15, 0.2) is 0 Å². The predicted octanol–water partition coefficient (Wildman–Crippen LogP) is 0.749. The van der Waals surface area contributed by atoms with Crippen molar-refractivity contribution >= 4 is 17.8 Å². The van der Waals surface area contributed by atoms with Crippen LogP contribution in [0.3, 0.4) is 0 Å². The summed E-state index contributed by atoms with van der Waals surface area (Å²) < 4.78 is 1.69. The first-order valence-corrected chi connectivity index (χ1v) is 8.63. The molecule has 2 aliphatic heterocycles. The number of hydrogen-bond acceptors (Lipinski definition) is 4. The monoisotopic (exact) mass is 348 g/mol. The Bertz CT molecular complexity index is 718. The van der Waals surface area contributed by atoms with Gasteiger partial charge in [0.25, 0.3) is 5.91 Å². The Kier molecular flexibility index (Phi) is 4.30. The molecule has 0 radical (unpaired) electrons. The molecule has 3 rings (SSSR count). The molecular weight excluding hydrogens is 324 g/mol. The van der Waals surface area contributed by atoms with E-state index in [9.17, 15) is 19.5 Å². The number of carboxylic acids is 1. The van der Waals surface area contributed by atoms with E-state index in [2.05, 4.69) is 5.10 Å². The van der Waals surface area contributed by atoms with Crippen molar-refractivity contribution in [3.8, 4) is 0 Å². The Hall–Kier alpha value is -2.38. The van der Waals surface area contributed by atoms with Crippen molar-refractivity contribution in [1.82, 2.24) is 19.6 Å². The molecule has 1 atom stereocenters. The van der Waals surface area contributed by atoms with Crippen LogP contribution in [0.5, 0.6) is 0 Å². The highest BCUT2D eigenvalue weighted by atomic mass is 16.4. The number of rotatable bonds is 3. The van der Waals surface area contributed by atoms with Gasteiger partial charge in [0.05, 0.1) is 17.2 Å². The average molecular weight is 348 g/mol. The molecule has 0 aromatic carbocycles. The molecule has 3 heterocycles. The van der Waals surface area contributed by atoms with Gasteiger partial charge in [-0.3, -0.25) is 19.1 Å². The minimum atomic E-state index is -0.933. The molecule has 1 aromatic heterocycles. The van der Waals surface area contributed by atoms with Crippen LogP contribution in [0.4, 0.5) is 0 Å². The van der Waals surface area contributed by atoms with Crippen LogP contribution in [0, 0.1) is 12.8 Å². The Morgan fingerprint density at radius 2 is 2.00 bits per heavy atom. The molecular formula is C17H24N4O4. The Balaban J connectivity index is 1.78. The minimum absolute atomic E-state index is 0.0432. The lowest BCUT2D eigenvalue weighted by molar-refractivity contribution is -0.145. The van der Waals surface area contributed by atoms with E-state index in [0.717, 1.165) is 5.69 Å².